The lowest BCUT2D eigenvalue weighted by Gasteiger charge is -2.38. The van der Waals surface area contributed by atoms with Gasteiger partial charge in [-0.2, -0.15) is 0 Å². The van der Waals surface area contributed by atoms with Gasteiger partial charge in [0.15, 0.2) is 9.84 Å². The molecule has 5 rings (SSSR count). The Hall–Kier alpha value is -4.26. The third-order valence-corrected chi connectivity index (χ3v) is 7.94. The number of hydrogen-bond donors (Lipinski definition) is 2. The zero-order valence-corrected chi connectivity index (χ0v) is 22.6. The van der Waals surface area contributed by atoms with Gasteiger partial charge < -0.3 is 24.8 Å². The van der Waals surface area contributed by atoms with Gasteiger partial charge in [-0.15, -0.1) is 0 Å². The van der Waals surface area contributed by atoms with Gasteiger partial charge in [0, 0.05) is 43.9 Å². The van der Waals surface area contributed by atoms with Crippen molar-refractivity contribution in [2.45, 2.75) is 6.04 Å². The van der Waals surface area contributed by atoms with Crippen molar-refractivity contribution >= 4 is 38.7 Å². The van der Waals surface area contributed by atoms with Crippen LogP contribution in [-0.4, -0.2) is 63.1 Å². The average molecular weight is 573 g/mol. The topological polar surface area (TPSA) is 127 Å². The first-order valence-corrected chi connectivity index (χ1v) is 14.3. The fourth-order valence-electron chi connectivity index (χ4n) is 5.37. The number of hydrogen-bond acceptors (Lipinski definition) is 8. The molecule has 2 N–H and O–H groups in total. The summed E-state index contributed by atoms with van der Waals surface area (Å²) in [5, 5.41) is 5.72. The monoisotopic (exact) mass is 572 g/mol. The van der Waals surface area contributed by atoms with E-state index in [1.54, 1.807) is 31.6 Å². The molecule has 0 spiro atoms. The van der Waals surface area contributed by atoms with E-state index >= 15 is 4.39 Å². The van der Waals surface area contributed by atoms with E-state index in [2.05, 4.69) is 15.4 Å². The van der Waals surface area contributed by atoms with Crippen molar-refractivity contribution < 1.29 is 31.5 Å². The maximum atomic E-state index is 15.1. The minimum absolute atomic E-state index is 0.00413. The van der Waals surface area contributed by atoms with E-state index in [4.69, 9.17) is 0 Å². The molecule has 13 heteroatoms. The third-order valence-electron chi connectivity index (χ3n) is 7.10. The predicted molar refractivity (Wildman–Crippen MR) is 144 cm³/mol. The van der Waals surface area contributed by atoms with Crippen LogP contribution in [0.15, 0.2) is 58.7 Å². The number of aryl methyl sites for hydroxylation is 1. The standard InChI is InChI=1S/C27H26F2N4O6S/c1-32-7-6-17-15(13-40(3,37)38)8-14-12-33(20-5-4-16(28)9-19(20)29)25-18(26(35)31-11-21(34)39-2)10-30-24(22(14)25)23(17)27(32)36/h4-9,12,18,25,30H,10-11,13H2,1-3H3,(H,31,35). The first kappa shape index (κ1) is 27.3. The van der Waals surface area contributed by atoms with Gasteiger partial charge in [-0.1, -0.05) is 0 Å². The number of pyridine rings is 1. The van der Waals surface area contributed by atoms with Crippen LogP contribution in [-0.2, 0) is 31.2 Å². The van der Waals surface area contributed by atoms with Crippen molar-refractivity contribution in [1.82, 2.24) is 15.2 Å². The van der Waals surface area contributed by atoms with Crippen molar-refractivity contribution in [2.75, 3.05) is 37.1 Å². The van der Waals surface area contributed by atoms with E-state index in [-0.39, 0.29) is 23.5 Å². The Morgan fingerprint density at radius 2 is 1.98 bits per heavy atom. The molecule has 0 bridgehead atoms. The van der Waals surface area contributed by atoms with Crippen molar-refractivity contribution in [1.29, 1.82) is 0 Å². The largest absolute Gasteiger partial charge is 0.468 e. The molecular weight excluding hydrogens is 546 g/mol. The summed E-state index contributed by atoms with van der Waals surface area (Å²) in [6.45, 7) is -0.396. The SMILES string of the molecule is COC(=O)CNC(=O)C1CNC2=C3C(=CN(c4ccc(F)cc4F)C31)C=C(CS(C)(=O)=O)c1ccn(C)c(=O)c12. The average Bonchev–Trinajstić information content (AvgIpc) is 3.19. The number of halogens is 2. The molecule has 1 amide bonds. The van der Waals surface area contributed by atoms with Crippen LogP contribution in [0.5, 0.6) is 0 Å². The van der Waals surface area contributed by atoms with Crippen LogP contribution in [0.3, 0.4) is 0 Å². The minimum atomic E-state index is -3.54. The van der Waals surface area contributed by atoms with E-state index in [0.29, 0.717) is 28.0 Å². The van der Waals surface area contributed by atoms with Crippen LogP contribution in [0.4, 0.5) is 14.5 Å². The summed E-state index contributed by atoms with van der Waals surface area (Å²) in [5.74, 6) is -4.13. The Morgan fingerprint density at radius 1 is 1.23 bits per heavy atom. The molecule has 3 aliphatic rings. The van der Waals surface area contributed by atoms with Crippen molar-refractivity contribution in [3.63, 3.8) is 0 Å². The molecule has 0 saturated carbocycles. The van der Waals surface area contributed by atoms with Gasteiger partial charge in [-0.25, -0.2) is 17.2 Å². The van der Waals surface area contributed by atoms with Crippen LogP contribution in [0.2, 0.25) is 0 Å². The number of nitrogens with one attached hydrogen (secondary N) is 2. The Labute approximate surface area is 228 Å². The Bertz CT molecular complexity index is 1710. The summed E-state index contributed by atoms with van der Waals surface area (Å²) >= 11 is 0. The highest BCUT2D eigenvalue weighted by Gasteiger charge is 2.46. The van der Waals surface area contributed by atoms with Crippen LogP contribution >= 0.6 is 0 Å². The van der Waals surface area contributed by atoms with E-state index in [1.165, 1.54) is 22.6 Å². The molecule has 3 heterocycles. The first-order valence-electron chi connectivity index (χ1n) is 12.3. The maximum absolute atomic E-state index is 15.1. The van der Waals surface area contributed by atoms with E-state index in [9.17, 15) is 27.2 Å². The number of allylic oxidation sites excluding steroid dienone is 1. The zero-order valence-electron chi connectivity index (χ0n) is 21.8. The van der Waals surface area contributed by atoms with Gasteiger partial charge in [0.25, 0.3) is 5.56 Å². The number of sulfone groups is 1. The number of rotatable bonds is 6. The van der Waals surface area contributed by atoms with Gasteiger partial charge in [0.2, 0.25) is 5.91 Å². The molecule has 1 aromatic carbocycles. The molecule has 0 fully saturated rings. The molecular formula is C27H26F2N4O6S. The van der Waals surface area contributed by atoms with Gasteiger partial charge in [-0.05, 0) is 41.0 Å². The van der Waals surface area contributed by atoms with Crippen molar-refractivity contribution in [2.24, 2.45) is 13.0 Å². The fraction of sp³-hybridized carbons (Fsp3) is 0.296. The van der Waals surface area contributed by atoms with Crippen molar-refractivity contribution in [3.8, 4) is 0 Å². The lowest BCUT2D eigenvalue weighted by molar-refractivity contribution is -0.141. The molecule has 2 unspecified atom stereocenters. The molecule has 210 valence electrons. The number of methoxy groups -OCH3 is 1. The highest BCUT2D eigenvalue weighted by molar-refractivity contribution is 7.91. The molecule has 0 radical (unpaired) electrons. The molecule has 40 heavy (non-hydrogen) atoms. The lowest BCUT2D eigenvalue weighted by Crippen LogP contribution is -2.52. The molecule has 1 aromatic heterocycles. The fourth-order valence-corrected chi connectivity index (χ4v) is 6.17. The second kappa shape index (κ2) is 10.0. The van der Waals surface area contributed by atoms with Crippen LogP contribution < -0.4 is 21.1 Å². The van der Waals surface area contributed by atoms with Crippen LogP contribution in [0.25, 0.3) is 11.3 Å². The summed E-state index contributed by atoms with van der Waals surface area (Å²) in [4.78, 5) is 40.0. The second-order valence-electron chi connectivity index (χ2n) is 9.86. The number of carbonyl (C=O) groups excluding carboxylic acids is 2. The molecule has 0 saturated heterocycles. The number of carbonyl (C=O) groups is 2. The number of nitrogens with zero attached hydrogens (tertiary/aromatic N) is 2. The summed E-state index contributed by atoms with van der Waals surface area (Å²) in [6, 6.07) is 3.83. The number of aromatic nitrogens is 1. The second-order valence-corrected chi connectivity index (χ2v) is 12.0. The van der Waals surface area contributed by atoms with E-state index in [0.717, 1.165) is 18.4 Å². The number of anilines is 1. The quantitative estimate of drug-likeness (QED) is 0.493. The molecule has 1 aliphatic carbocycles. The first-order chi connectivity index (χ1) is 18.9. The third kappa shape index (κ3) is 4.81. The minimum Gasteiger partial charge on any atom is -0.468 e. The van der Waals surface area contributed by atoms with E-state index in [1.807, 2.05) is 0 Å². The molecule has 2 aliphatic heterocycles. The predicted octanol–water partition coefficient (Wildman–Crippen LogP) is 1.10. The molecule has 2 atom stereocenters. The Morgan fingerprint density at radius 3 is 2.65 bits per heavy atom. The number of ether oxygens (including phenoxy) is 1. The van der Waals surface area contributed by atoms with Crippen LogP contribution in [0.1, 0.15) is 11.1 Å². The number of benzene rings is 1. The van der Waals surface area contributed by atoms with Crippen LogP contribution in [0, 0.1) is 17.6 Å². The maximum Gasteiger partial charge on any atom is 0.325 e. The Balaban J connectivity index is 1.75. The highest BCUT2D eigenvalue weighted by atomic mass is 32.2. The lowest BCUT2D eigenvalue weighted by atomic mass is 9.84. The van der Waals surface area contributed by atoms with Gasteiger partial charge in [-0.3, -0.25) is 14.4 Å². The zero-order chi connectivity index (χ0) is 28.9. The molecule has 2 aromatic rings. The van der Waals surface area contributed by atoms with Gasteiger partial charge >= 0.3 is 5.97 Å². The molecule has 10 nitrogen and oxygen atoms in total. The smallest absolute Gasteiger partial charge is 0.325 e. The Kier molecular flexibility index (Phi) is 6.86. The van der Waals surface area contributed by atoms with Gasteiger partial charge in [0.1, 0.15) is 18.2 Å². The number of fused-ring (bicyclic) bond motifs is 2. The highest BCUT2D eigenvalue weighted by Crippen LogP contribution is 2.46. The van der Waals surface area contributed by atoms with Crippen molar-refractivity contribution in [3.05, 3.63) is 87.0 Å². The summed E-state index contributed by atoms with van der Waals surface area (Å²) in [6.07, 6.45) is 5.80. The summed E-state index contributed by atoms with van der Waals surface area (Å²) in [5.41, 5.74) is 1.89. The number of esters is 1. The van der Waals surface area contributed by atoms with Gasteiger partial charge in [0.05, 0.1) is 41.8 Å². The number of amides is 1. The van der Waals surface area contributed by atoms with E-state index < -0.39 is 57.4 Å². The summed E-state index contributed by atoms with van der Waals surface area (Å²) < 4.78 is 59.7. The summed E-state index contributed by atoms with van der Waals surface area (Å²) in [7, 11) is -0.795. The normalized spacial score (nSPS) is 19.6.